The lowest BCUT2D eigenvalue weighted by molar-refractivity contribution is 0.0603. The molecule has 2 rings (SSSR count). The summed E-state index contributed by atoms with van der Waals surface area (Å²) in [5.41, 5.74) is 5.52. The number of nitrogens with zero attached hydrogens (tertiary/aromatic N) is 2. The van der Waals surface area contributed by atoms with Crippen LogP contribution in [0.4, 0.5) is 0 Å². The van der Waals surface area contributed by atoms with E-state index >= 15 is 0 Å². The summed E-state index contributed by atoms with van der Waals surface area (Å²) in [7, 11) is 0. The van der Waals surface area contributed by atoms with Crippen LogP contribution in [0, 0.1) is 5.92 Å². The molecule has 1 aliphatic carbocycles. The zero-order valence-electron chi connectivity index (χ0n) is 7.69. The van der Waals surface area contributed by atoms with Crippen LogP contribution in [-0.4, -0.2) is 22.6 Å². The Morgan fingerprint density at radius 1 is 1.43 bits per heavy atom. The third-order valence-corrected chi connectivity index (χ3v) is 2.80. The van der Waals surface area contributed by atoms with E-state index in [-0.39, 0.29) is 6.10 Å². The lowest BCUT2D eigenvalue weighted by Crippen LogP contribution is -2.38. The summed E-state index contributed by atoms with van der Waals surface area (Å²) >= 11 is 3.27. The van der Waals surface area contributed by atoms with E-state index in [0.717, 1.165) is 23.9 Å². The summed E-state index contributed by atoms with van der Waals surface area (Å²) in [6.45, 7) is 0.751. The van der Waals surface area contributed by atoms with Gasteiger partial charge in [0.05, 0.1) is 4.47 Å². The molecule has 1 aromatic heterocycles. The maximum Gasteiger partial charge on any atom is 0.316 e. The van der Waals surface area contributed by atoms with Crippen LogP contribution in [0.5, 0.6) is 6.01 Å². The molecule has 1 fully saturated rings. The molecule has 0 spiro atoms. The quantitative estimate of drug-likeness (QED) is 0.889. The predicted octanol–water partition coefficient (Wildman–Crippen LogP) is 1.36. The van der Waals surface area contributed by atoms with Gasteiger partial charge in [0.1, 0.15) is 6.10 Å². The van der Waals surface area contributed by atoms with Crippen LogP contribution in [0.2, 0.25) is 0 Å². The van der Waals surface area contributed by atoms with Crippen LogP contribution in [0.15, 0.2) is 16.9 Å². The molecule has 1 aromatic rings. The van der Waals surface area contributed by atoms with Gasteiger partial charge in [0.2, 0.25) is 0 Å². The lowest BCUT2D eigenvalue weighted by Gasteiger charge is -2.33. The van der Waals surface area contributed by atoms with Gasteiger partial charge in [0, 0.05) is 12.4 Å². The molecule has 1 saturated carbocycles. The van der Waals surface area contributed by atoms with E-state index in [9.17, 15) is 0 Å². The van der Waals surface area contributed by atoms with Gasteiger partial charge in [0.15, 0.2) is 0 Å². The van der Waals surface area contributed by atoms with Crippen molar-refractivity contribution in [3.05, 3.63) is 16.9 Å². The van der Waals surface area contributed by atoms with E-state index in [0.29, 0.717) is 11.9 Å². The normalized spacial score (nSPS) is 25.6. The van der Waals surface area contributed by atoms with Gasteiger partial charge in [-0.25, -0.2) is 9.97 Å². The third kappa shape index (κ3) is 2.22. The number of nitrogens with two attached hydrogens (primary N) is 1. The molecule has 0 aliphatic heterocycles. The molecule has 4 nitrogen and oxygen atoms in total. The van der Waals surface area contributed by atoms with Gasteiger partial charge in [-0.15, -0.1) is 0 Å². The Labute approximate surface area is 91.0 Å². The highest BCUT2D eigenvalue weighted by Crippen LogP contribution is 2.29. The van der Waals surface area contributed by atoms with Gasteiger partial charge >= 0.3 is 6.01 Å². The number of aromatic nitrogens is 2. The van der Waals surface area contributed by atoms with E-state index in [2.05, 4.69) is 25.9 Å². The van der Waals surface area contributed by atoms with Gasteiger partial charge in [-0.3, -0.25) is 0 Å². The summed E-state index contributed by atoms with van der Waals surface area (Å²) in [6.07, 6.45) is 5.67. The highest BCUT2D eigenvalue weighted by Gasteiger charge is 2.30. The third-order valence-electron chi connectivity index (χ3n) is 2.39. The monoisotopic (exact) mass is 257 g/mol. The molecular weight excluding hydrogens is 246 g/mol. The lowest BCUT2D eigenvalue weighted by atomic mass is 9.82. The van der Waals surface area contributed by atoms with Crippen LogP contribution in [0.3, 0.4) is 0 Å². The fourth-order valence-corrected chi connectivity index (χ4v) is 1.68. The van der Waals surface area contributed by atoms with Gasteiger partial charge in [-0.2, -0.15) is 0 Å². The predicted molar refractivity (Wildman–Crippen MR) is 55.9 cm³/mol. The van der Waals surface area contributed by atoms with Crippen molar-refractivity contribution in [1.82, 2.24) is 9.97 Å². The highest BCUT2D eigenvalue weighted by atomic mass is 79.9. The fourth-order valence-electron chi connectivity index (χ4n) is 1.47. The van der Waals surface area contributed by atoms with Gasteiger partial charge < -0.3 is 10.5 Å². The van der Waals surface area contributed by atoms with Crippen molar-refractivity contribution in [3.63, 3.8) is 0 Å². The van der Waals surface area contributed by atoms with Crippen LogP contribution >= 0.6 is 15.9 Å². The number of hydrogen-bond donors (Lipinski definition) is 1. The second-order valence-electron chi connectivity index (χ2n) is 3.50. The fraction of sp³-hybridized carbons (Fsp3) is 0.556. The van der Waals surface area contributed by atoms with Crippen LogP contribution in [0.1, 0.15) is 12.8 Å². The van der Waals surface area contributed by atoms with E-state index in [4.69, 9.17) is 10.5 Å². The highest BCUT2D eigenvalue weighted by molar-refractivity contribution is 9.10. The van der Waals surface area contributed by atoms with Crippen molar-refractivity contribution in [2.75, 3.05) is 6.54 Å². The molecule has 76 valence electrons. The maximum absolute atomic E-state index is 5.54. The molecule has 0 radical (unpaired) electrons. The molecule has 1 aliphatic rings. The average Bonchev–Trinajstić information content (AvgIpc) is 2.13. The largest absolute Gasteiger partial charge is 0.460 e. The number of hydrogen-bond acceptors (Lipinski definition) is 4. The zero-order chi connectivity index (χ0) is 9.97. The molecule has 0 amide bonds. The summed E-state index contributed by atoms with van der Waals surface area (Å²) in [4.78, 5) is 8.08. The molecule has 0 bridgehead atoms. The van der Waals surface area contributed by atoms with Gasteiger partial charge in [0.25, 0.3) is 0 Å². The number of halogens is 1. The first kappa shape index (κ1) is 9.86. The smallest absolute Gasteiger partial charge is 0.316 e. The van der Waals surface area contributed by atoms with Crippen molar-refractivity contribution in [2.45, 2.75) is 18.9 Å². The standard InChI is InChI=1S/C9H12BrN3O/c10-7-4-12-9(13-5-7)14-8-1-6(2-8)3-11/h4-6,8H,1-3,11H2. The Bertz CT molecular complexity index is 297. The molecule has 14 heavy (non-hydrogen) atoms. The summed E-state index contributed by atoms with van der Waals surface area (Å²) in [5.74, 6) is 0.621. The topological polar surface area (TPSA) is 61.0 Å². The molecule has 5 heteroatoms. The Kier molecular flexibility index (Phi) is 2.98. The zero-order valence-corrected chi connectivity index (χ0v) is 9.27. The minimum atomic E-state index is 0.254. The van der Waals surface area contributed by atoms with Crippen molar-refractivity contribution >= 4 is 15.9 Å². The minimum absolute atomic E-state index is 0.254. The van der Waals surface area contributed by atoms with Crippen LogP contribution in [-0.2, 0) is 0 Å². The number of ether oxygens (including phenoxy) is 1. The molecule has 0 saturated heterocycles. The van der Waals surface area contributed by atoms with Crippen molar-refractivity contribution in [2.24, 2.45) is 11.7 Å². The van der Waals surface area contributed by atoms with Crippen molar-refractivity contribution < 1.29 is 4.74 Å². The van der Waals surface area contributed by atoms with E-state index in [1.165, 1.54) is 0 Å². The van der Waals surface area contributed by atoms with Gasteiger partial charge in [-0.05, 0) is 41.2 Å². The first-order valence-corrected chi connectivity index (χ1v) is 5.41. The van der Waals surface area contributed by atoms with Crippen LogP contribution in [0.25, 0.3) is 0 Å². The molecule has 0 atom stereocenters. The Morgan fingerprint density at radius 3 is 2.64 bits per heavy atom. The summed E-state index contributed by atoms with van der Waals surface area (Å²) < 4.78 is 6.40. The van der Waals surface area contributed by atoms with E-state index in [1.807, 2.05) is 0 Å². The summed E-state index contributed by atoms with van der Waals surface area (Å²) in [5, 5.41) is 0. The molecule has 2 N–H and O–H groups in total. The van der Waals surface area contributed by atoms with E-state index < -0.39 is 0 Å². The Hall–Kier alpha value is -0.680. The number of rotatable bonds is 3. The first-order chi connectivity index (χ1) is 6.78. The maximum atomic E-state index is 5.54. The van der Waals surface area contributed by atoms with Crippen LogP contribution < -0.4 is 10.5 Å². The van der Waals surface area contributed by atoms with Crippen molar-refractivity contribution in [3.8, 4) is 6.01 Å². The summed E-state index contributed by atoms with van der Waals surface area (Å²) in [6, 6.07) is 0.452. The van der Waals surface area contributed by atoms with E-state index in [1.54, 1.807) is 12.4 Å². The molecule has 0 aromatic carbocycles. The van der Waals surface area contributed by atoms with Crippen molar-refractivity contribution in [1.29, 1.82) is 0 Å². The Balaban J connectivity index is 1.84. The first-order valence-electron chi connectivity index (χ1n) is 4.62. The second-order valence-corrected chi connectivity index (χ2v) is 4.41. The second kappa shape index (κ2) is 4.23. The Morgan fingerprint density at radius 2 is 2.07 bits per heavy atom. The average molecular weight is 258 g/mol. The van der Waals surface area contributed by atoms with Gasteiger partial charge in [-0.1, -0.05) is 0 Å². The molecular formula is C9H12BrN3O. The SMILES string of the molecule is NCC1CC(Oc2ncc(Br)cn2)C1. The molecule has 1 heterocycles. The molecule has 0 unspecified atom stereocenters. The minimum Gasteiger partial charge on any atom is -0.460 e.